The van der Waals surface area contributed by atoms with E-state index in [2.05, 4.69) is 54.9 Å². The van der Waals surface area contributed by atoms with Gasteiger partial charge in [-0.05, 0) is 70.6 Å². The Bertz CT molecular complexity index is 973. The van der Waals surface area contributed by atoms with Gasteiger partial charge in [0, 0.05) is 28.0 Å². The number of benzene rings is 1. The molecule has 3 atom stereocenters. The lowest BCUT2D eigenvalue weighted by molar-refractivity contribution is 0.402. The van der Waals surface area contributed by atoms with Crippen molar-refractivity contribution < 1.29 is 4.42 Å². The first kappa shape index (κ1) is 14.3. The molecular weight excluding hydrogens is 296 g/mol. The van der Waals surface area contributed by atoms with Gasteiger partial charge >= 0.3 is 0 Å². The van der Waals surface area contributed by atoms with Crippen molar-refractivity contribution in [1.29, 1.82) is 0 Å². The molecule has 1 saturated carbocycles. The summed E-state index contributed by atoms with van der Waals surface area (Å²) < 4.78 is 6.31. The maximum absolute atomic E-state index is 6.31. The zero-order valence-corrected chi connectivity index (χ0v) is 14.9. The molecule has 2 aliphatic rings. The Morgan fingerprint density at radius 3 is 2.71 bits per heavy atom. The fourth-order valence-corrected chi connectivity index (χ4v) is 5.27. The molecule has 3 unspecified atom stereocenters. The van der Waals surface area contributed by atoms with E-state index in [1.807, 2.05) is 6.92 Å². The zero-order valence-electron chi connectivity index (χ0n) is 14.9. The lowest BCUT2D eigenvalue weighted by Crippen LogP contribution is -2.47. The molecule has 3 heteroatoms. The number of rotatable bonds is 1. The molecule has 0 radical (unpaired) electrons. The second-order valence-corrected chi connectivity index (χ2v) is 8.13. The van der Waals surface area contributed by atoms with Crippen LogP contribution < -0.4 is 4.90 Å². The van der Waals surface area contributed by atoms with Crippen LogP contribution in [-0.2, 0) is 0 Å². The third kappa shape index (κ3) is 1.70. The summed E-state index contributed by atoms with van der Waals surface area (Å²) >= 11 is 0. The van der Waals surface area contributed by atoms with E-state index >= 15 is 0 Å². The summed E-state index contributed by atoms with van der Waals surface area (Å²) in [5.41, 5.74) is 5.65. The molecular formula is C21H24N2O. The molecule has 0 amide bonds. The first-order valence-electron chi connectivity index (χ1n) is 9.07. The summed E-state index contributed by atoms with van der Waals surface area (Å²) in [6, 6.07) is 9.23. The van der Waals surface area contributed by atoms with Crippen molar-refractivity contribution in [1.82, 2.24) is 4.98 Å². The van der Waals surface area contributed by atoms with Crippen molar-refractivity contribution in [2.75, 3.05) is 4.90 Å². The van der Waals surface area contributed by atoms with E-state index in [0.29, 0.717) is 6.04 Å². The van der Waals surface area contributed by atoms with Crippen LogP contribution in [0.5, 0.6) is 0 Å². The van der Waals surface area contributed by atoms with E-state index in [1.165, 1.54) is 35.9 Å². The molecule has 2 fully saturated rings. The van der Waals surface area contributed by atoms with Gasteiger partial charge in [0.2, 0.25) is 5.71 Å². The van der Waals surface area contributed by atoms with Crippen molar-refractivity contribution in [3.05, 3.63) is 35.5 Å². The summed E-state index contributed by atoms with van der Waals surface area (Å²) in [5, 5.41) is 2.32. The van der Waals surface area contributed by atoms with Crippen molar-refractivity contribution in [2.45, 2.75) is 58.5 Å². The molecule has 5 rings (SSSR count). The van der Waals surface area contributed by atoms with Crippen molar-refractivity contribution >= 4 is 27.8 Å². The molecule has 3 nitrogen and oxygen atoms in total. The summed E-state index contributed by atoms with van der Waals surface area (Å²) in [6.45, 7) is 9.04. The molecule has 2 aromatic heterocycles. The van der Waals surface area contributed by atoms with Crippen LogP contribution >= 0.6 is 0 Å². The fourth-order valence-electron chi connectivity index (χ4n) is 5.27. The summed E-state index contributed by atoms with van der Waals surface area (Å²) in [7, 11) is 0. The van der Waals surface area contributed by atoms with Gasteiger partial charge in [-0.15, -0.1) is 0 Å². The molecule has 124 valence electrons. The predicted octanol–water partition coefficient (Wildman–Crippen LogP) is 5.37. The fraction of sp³-hybridized carbons (Fsp3) is 0.476. The normalized spacial score (nSPS) is 29.2. The zero-order chi connectivity index (χ0) is 16.6. The molecule has 1 saturated heterocycles. The molecule has 1 aliphatic carbocycles. The highest BCUT2D eigenvalue weighted by Crippen LogP contribution is 2.54. The van der Waals surface area contributed by atoms with Gasteiger partial charge < -0.3 is 9.32 Å². The molecule has 3 aromatic rings. The Kier molecular flexibility index (Phi) is 2.70. The van der Waals surface area contributed by atoms with Crippen LogP contribution in [0.3, 0.4) is 0 Å². The average Bonchev–Trinajstić information content (AvgIpc) is 3.16. The largest absolute Gasteiger partial charge is 0.436 e. The van der Waals surface area contributed by atoms with Crippen LogP contribution in [0.15, 0.2) is 28.7 Å². The summed E-state index contributed by atoms with van der Waals surface area (Å²) in [4.78, 5) is 7.27. The van der Waals surface area contributed by atoms with E-state index in [9.17, 15) is 0 Å². The molecule has 3 heterocycles. The van der Waals surface area contributed by atoms with E-state index in [4.69, 9.17) is 4.42 Å². The van der Waals surface area contributed by atoms with Crippen LogP contribution in [0.25, 0.3) is 22.1 Å². The van der Waals surface area contributed by atoms with Gasteiger partial charge in [0.05, 0.1) is 5.69 Å². The molecule has 0 N–H and O–H groups in total. The van der Waals surface area contributed by atoms with Gasteiger partial charge in [-0.25, -0.2) is 4.98 Å². The first-order valence-corrected chi connectivity index (χ1v) is 9.07. The Balaban J connectivity index is 1.82. The van der Waals surface area contributed by atoms with Crippen molar-refractivity contribution in [3.8, 4) is 0 Å². The minimum absolute atomic E-state index is 0.269. The van der Waals surface area contributed by atoms with E-state index in [1.54, 1.807) is 0 Å². The SMILES string of the molecule is Cc1ccc2c(n1)oc1c(N3C(C)C4CCC3(C)C4)c(C)ccc12. The Morgan fingerprint density at radius 2 is 1.96 bits per heavy atom. The third-order valence-electron chi connectivity index (χ3n) is 6.49. The predicted molar refractivity (Wildman–Crippen MR) is 98.7 cm³/mol. The number of nitrogens with zero attached hydrogens (tertiary/aromatic N) is 2. The van der Waals surface area contributed by atoms with Gasteiger partial charge in [-0.2, -0.15) is 0 Å². The highest BCUT2D eigenvalue weighted by molar-refractivity contribution is 6.08. The highest BCUT2D eigenvalue weighted by Gasteiger charge is 2.52. The number of hydrogen-bond acceptors (Lipinski definition) is 3. The number of furan rings is 1. The number of hydrogen-bond donors (Lipinski definition) is 0. The highest BCUT2D eigenvalue weighted by atomic mass is 16.3. The maximum Gasteiger partial charge on any atom is 0.227 e. The smallest absolute Gasteiger partial charge is 0.227 e. The van der Waals surface area contributed by atoms with Crippen LogP contribution in [-0.4, -0.2) is 16.6 Å². The van der Waals surface area contributed by atoms with Gasteiger partial charge in [-0.3, -0.25) is 0 Å². The molecule has 24 heavy (non-hydrogen) atoms. The quantitative estimate of drug-likeness (QED) is 0.604. The summed E-state index contributed by atoms with van der Waals surface area (Å²) in [6.07, 6.45) is 3.96. The van der Waals surface area contributed by atoms with Gasteiger partial charge in [-0.1, -0.05) is 12.1 Å². The first-order chi connectivity index (χ1) is 11.5. The maximum atomic E-state index is 6.31. The average molecular weight is 320 g/mol. The number of anilines is 1. The standard InChI is InChI=1S/C21H24N2O/c1-12-5-7-16-17-8-6-13(2)22-20(17)24-19(16)18(12)23-14(3)15-9-10-21(23,4)11-15/h5-8,14-15H,9-11H2,1-4H3. The van der Waals surface area contributed by atoms with E-state index in [-0.39, 0.29) is 5.54 Å². The second kappa shape index (κ2) is 4.53. The van der Waals surface area contributed by atoms with Gasteiger partial charge in [0.15, 0.2) is 5.58 Å². The topological polar surface area (TPSA) is 29.3 Å². The van der Waals surface area contributed by atoms with Crippen LogP contribution in [0.1, 0.15) is 44.4 Å². The Hall–Kier alpha value is -2.03. The number of aryl methyl sites for hydroxylation is 2. The monoisotopic (exact) mass is 320 g/mol. The van der Waals surface area contributed by atoms with Crippen LogP contribution in [0.2, 0.25) is 0 Å². The minimum Gasteiger partial charge on any atom is -0.436 e. The van der Waals surface area contributed by atoms with Crippen LogP contribution in [0.4, 0.5) is 5.69 Å². The van der Waals surface area contributed by atoms with Crippen molar-refractivity contribution in [3.63, 3.8) is 0 Å². The van der Waals surface area contributed by atoms with E-state index in [0.717, 1.165) is 28.3 Å². The molecule has 2 bridgehead atoms. The lowest BCUT2D eigenvalue weighted by atomic mass is 9.94. The number of pyridine rings is 1. The molecule has 0 spiro atoms. The third-order valence-corrected chi connectivity index (χ3v) is 6.49. The van der Waals surface area contributed by atoms with E-state index < -0.39 is 0 Å². The lowest BCUT2D eigenvalue weighted by Gasteiger charge is -2.42. The van der Waals surface area contributed by atoms with Gasteiger partial charge in [0.1, 0.15) is 0 Å². The van der Waals surface area contributed by atoms with Gasteiger partial charge in [0.25, 0.3) is 0 Å². The Labute approximate surface area is 142 Å². The number of aromatic nitrogens is 1. The number of fused-ring (bicyclic) bond motifs is 5. The minimum atomic E-state index is 0.269. The molecule has 1 aliphatic heterocycles. The van der Waals surface area contributed by atoms with Crippen molar-refractivity contribution in [2.24, 2.45) is 5.92 Å². The number of piperidine rings is 1. The molecule has 1 aromatic carbocycles. The Morgan fingerprint density at radius 1 is 1.17 bits per heavy atom. The summed E-state index contributed by atoms with van der Waals surface area (Å²) in [5.74, 6) is 0.814. The van der Waals surface area contributed by atoms with Crippen LogP contribution in [0, 0.1) is 19.8 Å². The second-order valence-electron chi connectivity index (χ2n) is 8.13.